The molecule has 0 aromatic rings. The van der Waals surface area contributed by atoms with Gasteiger partial charge >= 0.3 is 0 Å². The van der Waals surface area contributed by atoms with Crippen molar-refractivity contribution in [1.82, 2.24) is 5.32 Å². The Hall–Kier alpha value is -0.560. The molecule has 0 heterocycles. The molecule has 0 rings (SSSR count). The van der Waals surface area contributed by atoms with Crippen LogP contribution in [0, 0.1) is 5.92 Å². The lowest BCUT2D eigenvalue weighted by Crippen LogP contribution is -2.36. The van der Waals surface area contributed by atoms with Crippen molar-refractivity contribution in [3.63, 3.8) is 0 Å². The van der Waals surface area contributed by atoms with Gasteiger partial charge in [-0.3, -0.25) is 0 Å². The van der Waals surface area contributed by atoms with Crippen LogP contribution in [0.15, 0.2) is 24.3 Å². The number of rotatable bonds is 8. The van der Waals surface area contributed by atoms with Gasteiger partial charge in [-0.1, -0.05) is 51.5 Å². The van der Waals surface area contributed by atoms with Crippen LogP contribution in [0.2, 0.25) is 0 Å². The van der Waals surface area contributed by atoms with E-state index in [1.54, 1.807) is 0 Å². The average molecular weight is 223 g/mol. The maximum absolute atomic E-state index is 4.13. The summed E-state index contributed by atoms with van der Waals surface area (Å²) in [4.78, 5) is 0. The second kappa shape index (κ2) is 7.67. The van der Waals surface area contributed by atoms with E-state index in [9.17, 15) is 0 Å². The van der Waals surface area contributed by atoms with E-state index >= 15 is 0 Å². The maximum atomic E-state index is 4.13. The Morgan fingerprint density at radius 1 is 1.06 bits per heavy atom. The van der Waals surface area contributed by atoms with Crippen molar-refractivity contribution in [2.75, 3.05) is 0 Å². The van der Waals surface area contributed by atoms with Gasteiger partial charge in [0.25, 0.3) is 0 Å². The SMILES string of the molecule is C=C(CC(C)NC(C)C(=C)CCC)C(C)C. The van der Waals surface area contributed by atoms with E-state index < -0.39 is 0 Å². The Labute approximate surface area is 102 Å². The fraction of sp³-hybridized carbons (Fsp3) is 0.733. The zero-order chi connectivity index (χ0) is 12.7. The third-order valence-electron chi connectivity index (χ3n) is 3.10. The highest BCUT2D eigenvalue weighted by atomic mass is 14.9. The van der Waals surface area contributed by atoms with Gasteiger partial charge in [-0.05, 0) is 32.6 Å². The quantitative estimate of drug-likeness (QED) is 0.605. The second-order valence-electron chi connectivity index (χ2n) is 5.21. The summed E-state index contributed by atoms with van der Waals surface area (Å²) in [6, 6.07) is 0.897. The normalized spacial score (nSPS) is 14.9. The molecule has 0 aliphatic carbocycles. The van der Waals surface area contributed by atoms with Crippen molar-refractivity contribution in [2.45, 2.75) is 66.0 Å². The van der Waals surface area contributed by atoms with Crippen molar-refractivity contribution >= 4 is 0 Å². The molecule has 2 unspecified atom stereocenters. The summed E-state index contributed by atoms with van der Waals surface area (Å²) in [5.74, 6) is 0.582. The Morgan fingerprint density at radius 3 is 2.06 bits per heavy atom. The minimum absolute atomic E-state index is 0.412. The monoisotopic (exact) mass is 223 g/mol. The highest BCUT2D eigenvalue weighted by Crippen LogP contribution is 2.15. The molecule has 0 aliphatic heterocycles. The summed E-state index contributed by atoms with van der Waals surface area (Å²) in [6.07, 6.45) is 3.35. The standard InChI is InChI=1S/C15H29N/c1-8-9-12(4)15(7)16-14(6)10-13(5)11(2)3/h11,14-16H,4-5,8-10H2,1-3,6-7H3. The van der Waals surface area contributed by atoms with Crippen molar-refractivity contribution < 1.29 is 0 Å². The molecule has 0 amide bonds. The number of hydrogen-bond acceptors (Lipinski definition) is 1. The zero-order valence-electron chi connectivity index (χ0n) is 11.8. The van der Waals surface area contributed by atoms with Crippen molar-refractivity contribution in [1.29, 1.82) is 0 Å². The van der Waals surface area contributed by atoms with Crippen LogP contribution in [-0.4, -0.2) is 12.1 Å². The van der Waals surface area contributed by atoms with E-state index in [4.69, 9.17) is 0 Å². The molecule has 0 fully saturated rings. The predicted molar refractivity (Wildman–Crippen MR) is 74.7 cm³/mol. The highest BCUT2D eigenvalue weighted by Gasteiger charge is 2.11. The molecule has 0 radical (unpaired) electrons. The average Bonchev–Trinajstić information content (AvgIpc) is 2.17. The summed E-state index contributed by atoms with van der Waals surface area (Å²) < 4.78 is 0. The summed E-state index contributed by atoms with van der Waals surface area (Å²) in [6.45, 7) is 19.3. The Bertz CT molecular complexity index is 228. The van der Waals surface area contributed by atoms with Gasteiger partial charge < -0.3 is 5.32 Å². The summed E-state index contributed by atoms with van der Waals surface area (Å²) in [5.41, 5.74) is 2.64. The van der Waals surface area contributed by atoms with Crippen molar-refractivity contribution in [3.05, 3.63) is 24.3 Å². The van der Waals surface area contributed by atoms with E-state index in [1.165, 1.54) is 17.6 Å². The number of hydrogen-bond donors (Lipinski definition) is 1. The minimum Gasteiger partial charge on any atom is -0.308 e. The van der Waals surface area contributed by atoms with E-state index in [0.717, 1.165) is 12.8 Å². The lowest BCUT2D eigenvalue weighted by atomic mass is 9.97. The molecular weight excluding hydrogens is 194 g/mol. The first kappa shape index (κ1) is 15.4. The number of nitrogens with one attached hydrogen (secondary N) is 1. The van der Waals surface area contributed by atoms with Gasteiger partial charge in [-0.25, -0.2) is 0 Å². The van der Waals surface area contributed by atoms with Gasteiger partial charge in [0.15, 0.2) is 0 Å². The lowest BCUT2D eigenvalue weighted by Gasteiger charge is -2.23. The molecule has 0 saturated carbocycles. The van der Waals surface area contributed by atoms with Gasteiger partial charge in [0.05, 0.1) is 0 Å². The smallest absolute Gasteiger partial charge is 0.0251 e. The molecule has 0 saturated heterocycles. The first-order valence-corrected chi connectivity index (χ1v) is 6.49. The van der Waals surface area contributed by atoms with Crippen LogP contribution in [0.4, 0.5) is 0 Å². The molecule has 1 heteroatoms. The van der Waals surface area contributed by atoms with Gasteiger partial charge in [-0.15, -0.1) is 0 Å². The second-order valence-corrected chi connectivity index (χ2v) is 5.21. The predicted octanol–water partition coefficient (Wildman–Crippen LogP) is 4.31. The van der Waals surface area contributed by atoms with Crippen LogP contribution >= 0.6 is 0 Å². The fourth-order valence-corrected chi connectivity index (χ4v) is 1.77. The third kappa shape index (κ3) is 6.12. The Kier molecular flexibility index (Phi) is 7.40. The summed E-state index contributed by atoms with van der Waals surface area (Å²) in [5, 5.41) is 3.59. The topological polar surface area (TPSA) is 12.0 Å². The zero-order valence-corrected chi connectivity index (χ0v) is 11.8. The molecule has 0 aliphatic rings. The van der Waals surface area contributed by atoms with E-state index in [0.29, 0.717) is 18.0 Å². The maximum Gasteiger partial charge on any atom is 0.0251 e. The molecule has 1 N–H and O–H groups in total. The first-order valence-electron chi connectivity index (χ1n) is 6.49. The van der Waals surface area contributed by atoms with Crippen molar-refractivity contribution in [2.24, 2.45) is 5.92 Å². The molecule has 0 bridgehead atoms. The van der Waals surface area contributed by atoms with E-state index in [1.807, 2.05) is 0 Å². The third-order valence-corrected chi connectivity index (χ3v) is 3.10. The molecule has 16 heavy (non-hydrogen) atoms. The largest absolute Gasteiger partial charge is 0.308 e. The van der Waals surface area contributed by atoms with Gasteiger partial charge in [0, 0.05) is 12.1 Å². The van der Waals surface area contributed by atoms with Gasteiger partial charge in [0.2, 0.25) is 0 Å². The van der Waals surface area contributed by atoms with Gasteiger partial charge in [-0.2, -0.15) is 0 Å². The fourth-order valence-electron chi connectivity index (χ4n) is 1.77. The van der Waals surface area contributed by atoms with Crippen LogP contribution < -0.4 is 5.32 Å². The summed E-state index contributed by atoms with van der Waals surface area (Å²) in [7, 11) is 0. The molecule has 2 atom stereocenters. The summed E-state index contributed by atoms with van der Waals surface area (Å²) >= 11 is 0. The van der Waals surface area contributed by atoms with Crippen LogP contribution in [0.25, 0.3) is 0 Å². The van der Waals surface area contributed by atoms with Crippen LogP contribution in [-0.2, 0) is 0 Å². The lowest BCUT2D eigenvalue weighted by molar-refractivity contribution is 0.479. The van der Waals surface area contributed by atoms with E-state index in [2.05, 4.69) is 53.1 Å². The molecule has 0 aromatic heterocycles. The molecule has 0 aromatic carbocycles. The van der Waals surface area contributed by atoms with E-state index in [-0.39, 0.29) is 0 Å². The molecule has 1 nitrogen and oxygen atoms in total. The Morgan fingerprint density at radius 2 is 1.62 bits per heavy atom. The van der Waals surface area contributed by atoms with Crippen LogP contribution in [0.5, 0.6) is 0 Å². The van der Waals surface area contributed by atoms with Crippen LogP contribution in [0.1, 0.15) is 53.9 Å². The van der Waals surface area contributed by atoms with Crippen LogP contribution in [0.3, 0.4) is 0 Å². The Balaban J connectivity index is 3.99. The highest BCUT2D eigenvalue weighted by molar-refractivity contribution is 5.06. The molecule has 94 valence electrons. The van der Waals surface area contributed by atoms with Crippen molar-refractivity contribution in [3.8, 4) is 0 Å². The first-order chi connectivity index (χ1) is 7.38. The minimum atomic E-state index is 0.412. The molecular formula is C15H29N. The van der Waals surface area contributed by atoms with Gasteiger partial charge in [0.1, 0.15) is 0 Å². The molecule has 0 spiro atoms.